The van der Waals surface area contributed by atoms with Gasteiger partial charge in [0.15, 0.2) is 8.15 Å². The zero-order valence-corrected chi connectivity index (χ0v) is 35.6. The molecule has 2 aliphatic rings. The summed E-state index contributed by atoms with van der Waals surface area (Å²) in [6.07, 6.45) is 29.3. The van der Waals surface area contributed by atoms with Crippen LogP contribution in [0.5, 0.6) is 0 Å². The summed E-state index contributed by atoms with van der Waals surface area (Å²) in [6.45, 7) is 24.3. The second-order valence-corrected chi connectivity index (χ2v) is 19.2. The number of allylic oxidation sites excluding steroid dienone is 9. The fraction of sp³-hybridized carbons (Fsp3) is 0.750. The minimum absolute atomic E-state index is 0.283. The summed E-state index contributed by atoms with van der Waals surface area (Å²) < 4.78 is 15.9. The summed E-state index contributed by atoms with van der Waals surface area (Å²) in [4.78, 5) is 0. The van der Waals surface area contributed by atoms with Crippen molar-refractivity contribution >= 4 is 33.8 Å². The summed E-state index contributed by atoms with van der Waals surface area (Å²) in [6, 6.07) is 0. The van der Waals surface area contributed by atoms with E-state index in [4.69, 9.17) is 4.52 Å². The van der Waals surface area contributed by atoms with Crippen LogP contribution >= 0.6 is 33.8 Å². The Labute approximate surface area is 294 Å². The standard InChI is InChI=1S/C20H38OP2.C20H34OP2/c1-15(11-14-21-23-22)7-9-17-16(2)8-10-18-19(3,4)12-6-13-20(17,18)5;1-17(2)9-6-10-18(3)11-7-12-19(4)13-8-14-20(5)15-16-22-23-21/h11,16-18,23H,6-10,12-14,22H2,1-5H3;9,11,13,15,22H,6-8,10,12,14,16H2,1-5H3/b15-11-;18-11-,19-13+,20-15-/t16-,17?,18?,20?;/m1./s1. The number of fused-ring (bicyclic) bond motifs is 1. The third-order valence-electron chi connectivity index (χ3n) is 10.9. The Bertz CT molecular complexity index is 1030. The van der Waals surface area contributed by atoms with Crippen LogP contribution in [0.3, 0.4) is 0 Å². The Hall–Kier alpha value is 0.0500. The number of hydrogen-bond acceptors (Lipinski definition) is 2. The zero-order valence-electron chi connectivity index (χ0n) is 31.6. The highest BCUT2D eigenvalue weighted by molar-refractivity contribution is 8.06. The molecule has 0 aromatic rings. The predicted octanol–water partition coefficient (Wildman–Crippen LogP) is 15.0. The van der Waals surface area contributed by atoms with Gasteiger partial charge < -0.3 is 4.52 Å². The molecule has 6 heteroatoms. The highest BCUT2D eigenvalue weighted by Crippen LogP contribution is 2.62. The maximum Gasteiger partial charge on any atom is 0.178 e. The molecule has 7 atom stereocenters. The molecule has 2 rings (SSSR count). The van der Waals surface area contributed by atoms with E-state index >= 15 is 0 Å². The van der Waals surface area contributed by atoms with Crippen LogP contribution in [-0.4, -0.2) is 12.8 Å². The van der Waals surface area contributed by atoms with Crippen LogP contribution in [0.25, 0.3) is 0 Å². The smallest absolute Gasteiger partial charge is 0.178 e. The van der Waals surface area contributed by atoms with Gasteiger partial charge in [0, 0.05) is 8.50 Å². The lowest BCUT2D eigenvalue weighted by atomic mass is 9.46. The summed E-state index contributed by atoms with van der Waals surface area (Å²) in [7, 11) is 3.97. The van der Waals surface area contributed by atoms with Gasteiger partial charge in [-0.25, -0.2) is 0 Å². The third kappa shape index (κ3) is 17.6. The van der Waals surface area contributed by atoms with Crippen molar-refractivity contribution in [2.24, 2.45) is 28.6 Å². The lowest BCUT2D eigenvalue weighted by Gasteiger charge is -2.59. The van der Waals surface area contributed by atoms with Gasteiger partial charge in [-0.15, -0.1) is 0 Å². The first-order chi connectivity index (χ1) is 21.8. The molecule has 2 nitrogen and oxygen atoms in total. The molecule has 2 saturated carbocycles. The van der Waals surface area contributed by atoms with Crippen molar-refractivity contribution in [3.8, 4) is 0 Å². The van der Waals surface area contributed by atoms with Crippen LogP contribution in [0.1, 0.15) is 153 Å². The molecule has 0 N–H and O–H groups in total. The molecular formula is C40H72O2P4. The summed E-state index contributed by atoms with van der Waals surface area (Å²) in [5, 5.41) is 0. The molecule has 0 aliphatic heterocycles. The maximum absolute atomic E-state index is 10.4. The van der Waals surface area contributed by atoms with Crippen molar-refractivity contribution in [3.05, 3.63) is 58.2 Å². The van der Waals surface area contributed by atoms with Crippen molar-refractivity contribution in [1.29, 1.82) is 0 Å². The second-order valence-electron chi connectivity index (χ2n) is 15.6. The molecule has 0 aromatic carbocycles. The van der Waals surface area contributed by atoms with E-state index in [1.54, 1.807) is 0 Å². The molecule has 0 bridgehead atoms. The second kappa shape index (κ2) is 24.2. The van der Waals surface area contributed by atoms with E-state index in [9.17, 15) is 4.57 Å². The maximum atomic E-state index is 10.4. The van der Waals surface area contributed by atoms with E-state index in [2.05, 4.69) is 109 Å². The SMILES string of the molecule is C/C(=C/COPP)CCC1[C@H](C)CCC2C(C)(C)CCCC12C.CC(C)=CCC/C(C)=C\CC/C(C)=C/CC/C(C)=C\CPP=O. The van der Waals surface area contributed by atoms with E-state index in [-0.39, 0.29) is 8.15 Å². The van der Waals surface area contributed by atoms with E-state index in [1.165, 1.54) is 85.7 Å². The fourth-order valence-electron chi connectivity index (χ4n) is 8.19. The molecule has 0 heterocycles. The highest BCUT2D eigenvalue weighted by atomic mass is 32.0. The normalized spacial score (nSPS) is 26.0. The van der Waals surface area contributed by atoms with E-state index in [1.807, 2.05) is 0 Å². The van der Waals surface area contributed by atoms with Gasteiger partial charge in [-0.1, -0.05) is 108 Å². The van der Waals surface area contributed by atoms with Crippen LogP contribution in [0.4, 0.5) is 0 Å². The average molecular weight is 709 g/mol. The van der Waals surface area contributed by atoms with Gasteiger partial charge in [-0.3, -0.25) is 4.57 Å². The molecular weight excluding hydrogens is 636 g/mol. The Kier molecular flexibility index (Phi) is 23.2. The third-order valence-corrected chi connectivity index (χ3v) is 13.2. The summed E-state index contributed by atoms with van der Waals surface area (Å²) in [5.74, 6) is 2.72. The quantitative estimate of drug-likeness (QED) is 0.0805. The lowest BCUT2D eigenvalue weighted by Crippen LogP contribution is -2.51. The molecule has 0 radical (unpaired) electrons. The largest absolute Gasteiger partial charge is 0.354 e. The molecule has 6 unspecified atom stereocenters. The van der Waals surface area contributed by atoms with Crippen LogP contribution in [0.2, 0.25) is 0 Å². The van der Waals surface area contributed by atoms with Gasteiger partial charge in [-0.2, -0.15) is 0 Å². The predicted molar refractivity (Wildman–Crippen MR) is 217 cm³/mol. The molecule has 0 amide bonds. The van der Waals surface area contributed by atoms with E-state index < -0.39 is 0 Å². The molecule has 2 fully saturated rings. The van der Waals surface area contributed by atoms with Crippen molar-refractivity contribution in [3.63, 3.8) is 0 Å². The van der Waals surface area contributed by atoms with Crippen molar-refractivity contribution < 1.29 is 9.09 Å². The first kappa shape index (κ1) is 44.1. The lowest BCUT2D eigenvalue weighted by molar-refractivity contribution is -0.0957. The van der Waals surface area contributed by atoms with Gasteiger partial charge >= 0.3 is 0 Å². The zero-order chi connectivity index (χ0) is 34.6. The minimum Gasteiger partial charge on any atom is -0.354 e. The Balaban J connectivity index is 0.000000460. The molecule has 264 valence electrons. The molecule has 0 spiro atoms. The molecule has 0 aromatic heterocycles. The van der Waals surface area contributed by atoms with Gasteiger partial charge in [0.25, 0.3) is 0 Å². The van der Waals surface area contributed by atoms with E-state index in [0.29, 0.717) is 27.6 Å². The van der Waals surface area contributed by atoms with Crippen LogP contribution in [-0.2, 0) is 9.09 Å². The summed E-state index contributed by atoms with van der Waals surface area (Å²) >= 11 is 0. The van der Waals surface area contributed by atoms with Gasteiger partial charge in [0.1, 0.15) is 0 Å². The topological polar surface area (TPSA) is 26.3 Å². The first-order valence-electron chi connectivity index (χ1n) is 18.1. The Morgan fingerprint density at radius 3 is 1.93 bits per heavy atom. The minimum atomic E-state index is 0.283. The van der Waals surface area contributed by atoms with E-state index in [0.717, 1.165) is 56.2 Å². The van der Waals surface area contributed by atoms with Crippen LogP contribution in [0, 0.1) is 28.6 Å². The molecule has 46 heavy (non-hydrogen) atoms. The molecule has 2 aliphatic carbocycles. The monoisotopic (exact) mass is 708 g/mol. The van der Waals surface area contributed by atoms with Crippen molar-refractivity contribution in [2.75, 3.05) is 12.8 Å². The Morgan fingerprint density at radius 2 is 1.37 bits per heavy atom. The van der Waals surface area contributed by atoms with Gasteiger partial charge in [0.2, 0.25) is 0 Å². The first-order valence-corrected chi connectivity index (χ1v) is 23.7. The van der Waals surface area contributed by atoms with Crippen molar-refractivity contribution in [1.82, 2.24) is 0 Å². The summed E-state index contributed by atoms with van der Waals surface area (Å²) in [5.41, 5.74) is 8.45. The van der Waals surface area contributed by atoms with Gasteiger partial charge in [-0.05, 0) is 155 Å². The average Bonchev–Trinajstić information content (AvgIpc) is 2.97. The number of hydrogen-bond donors (Lipinski definition) is 0. The number of rotatable bonds is 18. The Morgan fingerprint density at radius 1 is 0.804 bits per heavy atom. The van der Waals surface area contributed by atoms with Crippen LogP contribution in [0.15, 0.2) is 58.2 Å². The van der Waals surface area contributed by atoms with Crippen molar-refractivity contribution in [2.45, 2.75) is 153 Å². The van der Waals surface area contributed by atoms with Gasteiger partial charge in [0.05, 0.1) is 6.61 Å². The fourth-order valence-corrected chi connectivity index (χ4v) is 9.67. The highest BCUT2D eigenvalue weighted by Gasteiger charge is 2.53. The van der Waals surface area contributed by atoms with Crippen LogP contribution < -0.4 is 0 Å². The molecule has 0 saturated heterocycles.